The fourth-order valence-corrected chi connectivity index (χ4v) is 2.82. The van der Waals surface area contributed by atoms with Crippen LogP contribution in [0.15, 0.2) is 56.3 Å². The Bertz CT molecular complexity index is 837. The van der Waals surface area contributed by atoms with Crippen molar-refractivity contribution in [3.05, 3.63) is 41.1 Å². The number of nitrogens with zero attached hydrogens (tertiary/aromatic N) is 3. The first-order valence-corrected chi connectivity index (χ1v) is 9.57. The van der Waals surface area contributed by atoms with Gasteiger partial charge in [0, 0.05) is 17.1 Å². The average molecular weight is 412 g/mol. The molecular weight excluding hydrogens is 394 g/mol. The highest BCUT2D eigenvalue weighted by Crippen LogP contribution is 2.33. The molecule has 0 radical (unpaired) electrons. The fourth-order valence-electron chi connectivity index (χ4n) is 1.79. The van der Waals surface area contributed by atoms with Gasteiger partial charge >= 0.3 is 0 Å². The molecule has 2 atom stereocenters. The second-order valence-corrected chi connectivity index (χ2v) is 7.94. The maximum atomic E-state index is 11.7. The van der Waals surface area contributed by atoms with Gasteiger partial charge in [-0.1, -0.05) is 0 Å². The van der Waals surface area contributed by atoms with Gasteiger partial charge < -0.3 is 10.4 Å². The SMILES string of the molecule is C=S(N)(=O)c1ccc(N=Nc2cncc(Br)c2N[C@H](C)CO)cc1. The van der Waals surface area contributed by atoms with Crippen molar-refractivity contribution in [1.29, 1.82) is 0 Å². The summed E-state index contributed by atoms with van der Waals surface area (Å²) < 4.78 is 12.4. The fraction of sp³-hybridized carbons (Fsp3) is 0.200. The van der Waals surface area contributed by atoms with Crippen molar-refractivity contribution in [2.45, 2.75) is 17.9 Å². The van der Waals surface area contributed by atoms with Gasteiger partial charge in [0.25, 0.3) is 0 Å². The molecule has 0 bridgehead atoms. The van der Waals surface area contributed by atoms with Crippen molar-refractivity contribution < 1.29 is 9.32 Å². The number of halogens is 1. The zero-order chi connectivity index (χ0) is 17.7. The van der Waals surface area contributed by atoms with E-state index in [4.69, 9.17) is 5.14 Å². The molecule has 24 heavy (non-hydrogen) atoms. The van der Waals surface area contributed by atoms with Crippen LogP contribution in [-0.4, -0.2) is 32.8 Å². The number of azo groups is 1. The molecule has 1 aromatic carbocycles. The minimum Gasteiger partial charge on any atom is -0.394 e. The topological polar surface area (TPSA) is 113 Å². The van der Waals surface area contributed by atoms with Crippen LogP contribution in [0.4, 0.5) is 17.1 Å². The van der Waals surface area contributed by atoms with Gasteiger partial charge in [-0.15, -0.1) is 5.11 Å². The number of nitrogens with one attached hydrogen (secondary N) is 1. The van der Waals surface area contributed by atoms with Gasteiger partial charge in [-0.25, -0.2) is 4.21 Å². The predicted molar refractivity (Wildman–Crippen MR) is 100 cm³/mol. The first kappa shape index (κ1) is 18.5. The van der Waals surface area contributed by atoms with Crippen molar-refractivity contribution in [1.82, 2.24) is 4.98 Å². The maximum absolute atomic E-state index is 11.7. The summed E-state index contributed by atoms with van der Waals surface area (Å²) in [7, 11) is -2.74. The normalized spacial score (nSPS) is 15.2. The molecule has 1 unspecified atom stereocenters. The molecule has 0 fully saturated rings. The summed E-state index contributed by atoms with van der Waals surface area (Å²) in [5.74, 6) is 3.43. The van der Waals surface area contributed by atoms with Gasteiger partial charge in [0.1, 0.15) is 5.69 Å². The van der Waals surface area contributed by atoms with Crippen LogP contribution in [0.5, 0.6) is 0 Å². The Morgan fingerprint density at radius 3 is 2.62 bits per heavy atom. The maximum Gasteiger partial charge on any atom is 0.128 e. The Kier molecular flexibility index (Phi) is 6.05. The van der Waals surface area contributed by atoms with Gasteiger partial charge in [0.2, 0.25) is 0 Å². The molecule has 7 nitrogen and oxygen atoms in total. The number of aromatic nitrogens is 1. The number of nitrogens with two attached hydrogens (primary N) is 1. The third-order valence-electron chi connectivity index (χ3n) is 3.05. The summed E-state index contributed by atoms with van der Waals surface area (Å²) in [6.07, 6.45) is 3.20. The second-order valence-electron chi connectivity index (χ2n) is 5.16. The Balaban J connectivity index is 2.27. The van der Waals surface area contributed by atoms with E-state index in [-0.39, 0.29) is 12.6 Å². The third-order valence-corrected chi connectivity index (χ3v) is 4.72. The lowest BCUT2D eigenvalue weighted by atomic mass is 10.3. The van der Waals surface area contributed by atoms with E-state index in [0.29, 0.717) is 22.0 Å². The van der Waals surface area contributed by atoms with Crippen molar-refractivity contribution >= 4 is 48.6 Å². The molecule has 9 heteroatoms. The summed E-state index contributed by atoms with van der Waals surface area (Å²) >= 11 is 3.40. The summed E-state index contributed by atoms with van der Waals surface area (Å²) in [4.78, 5) is 4.52. The molecule has 4 N–H and O–H groups in total. The number of rotatable bonds is 6. The van der Waals surface area contributed by atoms with E-state index < -0.39 is 9.71 Å². The minimum atomic E-state index is -2.74. The standard InChI is InChI=1S/C15H18BrN5O2S/c1-10(9-22)19-15-13(16)7-18-8-14(15)21-20-11-3-5-12(6-4-11)24(2,17)23/h3-8,10,22H,2,9H2,1H3,(H2,17,23)(H,18,19)/t10-,24?/m1/s1. The van der Waals surface area contributed by atoms with Gasteiger partial charge in [-0.3, -0.25) is 10.1 Å². The molecule has 0 aliphatic rings. The van der Waals surface area contributed by atoms with E-state index in [1.807, 2.05) is 6.92 Å². The van der Waals surface area contributed by atoms with Crippen LogP contribution in [0.25, 0.3) is 0 Å². The summed E-state index contributed by atoms with van der Waals surface area (Å²) in [5, 5.41) is 26.1. The van der Waals surface area contributed by atoms with E-state index in [2.05, 4.69) is 42.3 Å². The molecule has 0 saturated heterocycles. The smallest absolute Gasteiger partial charge is 0.128 e. The number of aliphatic hydroxyl groups is 1. The Morgan fingerprint density at radius 1 is 1.38 bits per heavy atom. The van der Waals surface area contributed by atoms with E-state index in [1.54, 1.807) is 36.7 Å². The molecule has 0 amide bonds. The number of hydrogen-bond donors (Lipinski definition) is 3. The zero-order valence-corrected chi connectivity index (χ0v) is 15.4. The van der Waals surface area contributed by atoms with Crippen LogP contribution in [-0.2, 0) is 9.71 Å². The van der Waals surface area contributed by atoms with Crippen molar-refractivity contribution in [2.75, 3.05) is 11.9 Å². The van der Waals surface area contributed by atoms with Gasteiger partial charge in [0.05, 0.1) is 38.4 Å². The van der Waals surface area contributed by atoms with E-state index in [9.17, 15) is 9.32 Å². The monoisotopic (exact) mass is 411 g/mol. The minimum absolute atomic E-state index is 0.0176. The highest BCUT2D eigenvalue weighted by atomic mass is 79.9. The molecule has 0 aliphatic carbocycles. The molecule has 2 rings (SSSR count). The van der Waals surface area contributed by atoms with Crippen LogP contribution in [0.1, 0.15) is 6.92 Å². The number of aliphatic hydroxyl groups excluding tert-OH is 1. The van der Waals surface area contributed by atoms with E-state index in [1.165, 1.54) is 0 Å². The van der Waals surface area contributed by atoms with Crippen LogP contribution >= 0.6 is 15.9 Å². The summed E-state index contributed by atoms with van der Waals surface area (Å²) in [6, 6.07) is 6.38. The summed E-state index contributed by atoms with van der Waals surface area (Å²) in [6.45, 7) is 1.83. The Hall–Kier alpha value is -1.81. The largest absolute Gasteiger partial charge is 0.394 e. The average Bonchev–Trinajstić information content (AvgIpc) is 2.54. The first-order chi connectivity index (χ1) is 11.3. The van der Waals surface area contributed by atoms with Crippen LogP contribution in [0.3, 0.4) is 0 Å². The molecular formula is C15H18BrN5O2S. The lowest BCUT2D eigenvalue weighted by Crippen LogP contribution is -2.19. The molecule has 0 aliphatic heterocycles. The molecule has 2 aromatic rings. The van der Waals surface area contributed by atoms with Gasteiger partial charge in [0.15, 0.2) is 0 Å². The number of hydrogen-bond acceptors (Lipinski definition) is 6. The molecule has 0 saturated carbocycles. The van der Waals surface area contributed by atoms with Gasteiger partial charge in [-0.2, -0.15) is 5.11 Å². The first-order valence-electron chi connectivity index (χ1n) is 6.99. The highest BCUT2D eigenvalue weighted by Gasteiger charge is 2.10. The molecule has 1 aromatic heterocycles. The Morgan fingerprint density at radius 2 is 2.04 bits per heavy atom. The van der Waals surface area contributed by atoms with Crippen molar-refractivity contribution in [3.63, 3.8) is 0 Å². The van der Waals surface area contributed by atoms with E-state index >= 15 is 0 Å². The second kappa shape index (κ2) is 7.84. The predicted octanol–water partition coefficient (Wildman–Crippen LogP) is 3.00. The third kappa shape index (κ3) is 4.84. The van der Waals surface area contributed by atoms with Crippen molar-refractivity contribution in [2.24, 2.45) is 15.4 Å². The number of benzene rings is 1. The molecule has 128 valence electrons. The lowest BCUT2D eigenvalue weighted by Gasteiger charge is -2.15. The number of pyridine rings is 1. The van der Waals surface area contributed by atoms with E-state index in [0.717, 1.165) is 4.47 Å². The van der Waals surface area contributed by atoms with Crippen LogP contribution < -0.4 is 10.5 Å². The Labute approximate surface area is 149 Å². The van der Waals surface area contributed by atoms with Crippen LogP contribution in [0, 0.1) is 0 Å². The quantitative estimate of drug-likeness (QED) is 0.500. The zero-order valence-electron chi connectivity index (χ0n) is 13.0. The number of anilines is 1. The molecule has 1 heterocycles. The highest BCUT2D eigenvalue weighted by molar-refractivity contribution is 9.10. The molecule has 0 spiro atoms. The van der Waals surface area contributed by atoms with Gasteiger partial charge in [-0.05, 0) is 53.0 Å². The van der Waals surface area contributed by atoms with Crippen molar-refractivity contribution in [3.8, 4) is 0 Å². The van der Waals surface area contributed by atoms with Crippen LogP contribution in [0.2, 0.25) is 0 Å². The lowest BCUT2D eigenvalue weighted by molar-refractivity contribution is 0.281. The summed E-state index contributed by atoms with van der Waals surface area (Å²) in [5.41, 5.74) is 1.78.